The highest BCUT2D eigenvalue weighted by Crippen LogP contribution is 2.42. The quantitative estimate of drug-likeness (QED) is 0.799. The topological polar surface area (TPSA) is 28.2 Å². The maximum Gasteiger partial charge on any atom is 0.0815 e. The van der Waals surface area contributed by atoms with Gasteiger partial charge in [0.15, 0.2) is 0 Å². The van der Waals surface area contributed by atoms with E-state index in [1.807, 2.05) is 12.4 Å². The van der Waals surface area contributed by atoms with Crippen LogP contribution in [-0.2, 0) is 6.42 Å². The van der Waals surface area contributed by atoms with Crippen LogP contribution < -0.4 is 10.2 Å². The molecule has 0 bridgehead atoms. The lowest BCUT2D eigenvalue weighted by Gasteiger charge is -2.41. The van der Waals surface area contributed by atoms with Gasteiger partial charge in [0.05, 0.1) is 29.0 Å². The first-order valence-electron chi connectivity index (χ1n) is 6.10. The van der Waals surface area contributed by atoms with Gasteiger partial charge in [-0.05, 0) is 17.9 Å². The fourth-order valence-electron chi connectivity index (χ4n) is 2.70. The summed E-state index contributed by atoms with van der Waals surface area (Å²) in [4.78, 5) is 6.60. The molecular weight excluding hydrogens is 210 g/mol. The average Bonchev–Trinajstić information content (AvgIpc) is 2.35. The second-order valence-electron chi connectivity index (χ2n) is 4.83. The van der Waals surface area contributed by atoms with Gasteiger partial charge in [0.25, 0.3) is 0 Å². The molecule has 0 amide bonds. The predicted octanol–water partition coefficient (Wildman–Crippen LogP) is 2.92. The van der Waals surface area contributed by atoms with Gasteiger partial charge in [0, 0.05) is 12.7 Å². The maximum atomic E-state index is 4.31. The summed E-state index contributed by atoms with van der Waals surface area (Å²) in [6, 6.07) is 0. The summed E-state index contributed by atoms with van der Waals surface area (Å²) in [7, 11) is 0. The number of aromatic nitrogens is 1. The predicted molar refractivity (Wildman–Crippen MR) is 71.0 cm³/mol. The van der Waals surface area contributed by atoms with Crippen molar-refractivity contribution in [1.29, 1.82) is 0 Å². The Morgan fingerprint density at radius 1 is 1.47 bits per heavy atom. The molecule has 1 N–H and O–H groups in total. The van der Waals surface area contributed by atoms with Crippen LogP contribution in [0.1, 0.15) is 18.9 Å². The fourth-order valence-corrected chi connectivity index (χ4v) is 2.70. The van der Waals surface area contributed by atoms with Crippen LogP contribution in [0.4, 0.5) is 11.4 Å². The first-order valence-corrected chi connectivity index (χ1v) is 6.10. The molecule has 0 saturated carbocycles. The second-order valence-corrected chi connectivity index (χ2v) is 4.83. The molecule has 17 heavy (non-hydrogen) atoms. The molecule has 0 aromatic carbocycles. The fraction of sp³-hybridized carbons (Fsp3) is 0.357. The van der Waals surface area contributed by atoms with Gasteiger partial charge in [-0.1, -0.05) is 26.5 Å². The van der Waals surface area contributed by atoms with Crippen LogP contribution in [0, 0.1) is 5.92 Å². The van der Waals surface area contributed by atoms with Crippen molar-refractivity contribution in [3.05, 3.63) is 42.5 Å². The summed E-state index contributed by atoms with van der Waals surface area (Å²) in [6.07, 6.45) is 6.16. The van der Waals surface area contributed by atoms with Gasteiger partial charge in [0.2, 0.25) is 0 Å². The van der Waals surface area contributed by atoms with Gasteiger partial charge in [-0.15, -0.1) is 0 Å². The third-order valence-electron chi connectivity index (χ3n) is 3.75. The molecule has 3 nitrogen and oxygen atoms in total. The van der Waals surface area contributed by atoms with Gasteiger partial charge < -0.3 is 10.2 Å². The van der Waals surface area contributed by atoms with Gasteiger partial charge in [-0.25, -0.2) is 0 Å². The number of rotatable bonds is 1. The Balaban J connectivity index is 2.15. The Morgan fingerprint density at radius 2 is 2.29 bits per heavy atom. The van der Waals surface area contributed by atoms with Gasteiger partial charge >= 0.3 is 0 Å². The minimum absolute atomic E-state index is 0.683. The van der Waals surface area contributed by atoms with Crippen molar-refractivity contribution in [2.45, 2.75) is 19.8 Å². The number of pyridine rings is 1. The minimum atomic E-state index is 0.683. The van der Waals surface area contributed by atoms with E-state index in [9.17, 15) is 0 Å². The van der Waals surface area contributed by atoms with E-state index in [1.165, 1.54) is 17.7 Å². The lowest BCUT2D eigenvalue weighted by Crippen LogP contribution is -2.38. The van der Waals surface area contributed by atoms with E-state index in [2.05, 4.69) is 35.3 Å². The summed E-state index contributed by atoms with van der Waals surface area (Å²) < 4.78 is 0. The Morgan fingerprint density at radius 3 is 3.06 bits per heavy atom. The highest BCUT2D eigenvalue weighted by atomic mass is 15.2. The molecule has 0 saturated heterocycles. The molecule has 3 rings (SSSR count). The Labute approximate surface area is 102 Å². The third kappa shape index (κ3) is 1.46. The van der Waals surface area contributed by atoms with Crippen LogP contribution >= 0.6 is 0 Å². The largest absolute Gasteiger partial charge is 0.351 e. The van der Waals surface area contributed by atoms with E-state index in [-0.39, 0.29) is 0 Å². The number of nitrogens with zero attached hydrogens (tertiary/aromatic N) is 2. The zero-order valence-corrected chi connectivity index (χ0v) is 10.2. The molecule has 0 aliphatic carbocycles. The van der Waals surface area contributed by atoms with E-state index >= 15 is 0 Å². The monoisotopic (exact) mass is 227 g/mol. The third-order valence-corrected chi connectivity index (χ3v) is 3.75. The van der Waals surface area contributed by atoms with Crippen LogP contribution in [0.5, 0.6) is 0 Å². The van der Waals surface area contributed by atoms with Crippen molar-refractivity contribution in [3.63, 3.8) is 0 Å². The normalized spacial score (nSPS) is 22.2. The summed E-state index contributed by atoms with van der Waals surface area (Å²) in [5.41, 5.74) is 5.51. The summed E-state index contributed by atoms with van der Waals surface area (Å²) in [5.74, 6) is 0.683. The summed E-state index contributed by atoms with van der Waals surface area (Å²) in [6.45, 7) is 11.4. The molecule has 2 aliphatic rings. The average molecular weight is 227 g/mol. The molecule has 1 atom stereocenters. The summed E-state index contributed by atoms with van der Waals surface area (Å²) in [5, 5.41) is 3.28. The Hall–Kier alpha value is -1.77. The van der Waals surface area contributed by atoms with Crippen LogP contribution in [-0.4, -0.2) is 11.5 Å². The van der Waals surface area contributed by atoms with Gasteiger partial charge in [-0.2, -0.15) is 0 Å². The number of hydrogen-bond donors (Lipinski definition) is 1. The first-order chi connectivity index (χ1) is 8.20. The van der Waals surface area contributed by atoms with Gasteiger partial charge in [-0.3, -0.25) is 4.98 Å². The Bertz CT molecular complexity index is 504. The number of anilines is 2. The van der Waals surface area contributed by atoms with E-state index in [4.69, 9.17) is 0 Å². The van der Waals surface area contributed by atoms with E-state index in [0.717, 1.165) is 30.0 Å². The van der Waals surface area contributed by atoms with Crippen LogP contribution in [0.15, 0.2) is 36.9 Å². The maximum absolute atomic E-state index is 4.31. The zero-order valence-electron chi connectivity index (χ0n) is 10.2. The van der Waals surface area contributed by atoms with Crippen molar-refractivity contribution in [3.8, 4) is 0 Å². The smallest absolute Gasteiger partial charge is 0.0815 e. The molecule has 0 radical (unpaired) electrons. The van der Waals surface area contributed by atoms with Crippen molar-refractivity contribution in [1.82, 2.24) is 4.98 Å². The number of hydrogen-bond acceptors (Lipinski definition) is 3. The second kappa shape index (κ2) is 3.62. The highest BCUT2D eigenvalue weighted by Gasteiger charge is 2.31. The summed E-state index contributed by atoms with van der Waals surface area (Å²) >= 11 is 0. The lowest BCUT2D eigenvalue weighted by molar-refractivity contribution is 0.489. The lowest BCUT2D eigenvalue weighted by atomic mass is 9.90. The molecule has 3 heteroatoms. The molecule has 3 heterocycles. The van der Waals surface area contributed by atoms with Crippen molar-refractivity contribution in [2.24, 2.45) is 5.92 Å². The van der Waals surface area contributed by atoms with Crippen LogP contribution in [0.2, 0.25) is 0 Å². The molecule has 1 unspecified atom stereocenters. The van der Waals surface area contributed by atoms with Crippen molar-refractivity contribution < 1.29 is 0 Å². The minimum Gasteiger partial charge on any atom is -0.351 e. The molecule has 0 fully saturated rings. The SMILES string of the molecule is C=C1Nc2cncc3c2N(CC(CC)C3)C1=C. The van der Waals surface area contributed by atoms with E-state index in [1.54, 1.807) is 0 Å². The Kier molecular flexibility index (Phi) is 2.21. The van der Waals surface area contributed by atoms with Crippen molar-refractivity contribution >= 4 is 11.4 Å². The van der Waals surface area contributed by atoms with E-state index < -0.39 is 0 Å². The number of nitrogens with one attached hydrogen (secondary N) is 1. The van der Waals surface area contributed by atoms with Crippen LogP contribution in [0.3, 0.4) is 0 Å². The molecule has 2 aliphatic heterocycles. The molecule has 88 valence electrons. The van der Waals surface area contributed by atoms with Crippen molar-refractivity contribution in [2.75, 3.05) is 16.8 Å². The highest BCUT2D eigenvalue weighted by molar-refractivity contribution is 5.82. The molecule has 0 spiro atoms. The molecule has 1 aromatic rings. The molecule has 1 aromatic heterocycles. The van der Waals surface area contributed by atoms with E-state index in [0.29, 0.717) is 5.92 Å². The van der Waals surface area contributed by atoms with Gasteiger partial charge in [0.1, 0.15) is 0 Å². The standard InChI is InChI=1S/C14H17N3/c1-4-11-5-12-6-15-7-13-14(12)17(8-11)10(3)9(2)16-13/h6-7,11,16H,2-5,8H2,1H3. The molecular formula is C14H17N3. The van der Waals surface area contributed by atoms with Crippen LogP contribution in [0.25, 0.3) is 0 Å². The first kappa shape index (κ1) is 10.4. The zero-order chi connectivity index (χ0) is 12.0.